The first-order valence-electron chi connectivity index (χ1n) is 12.6. The maximum absolute atomic E-state index is 13.6. The molecule has 0 amide bonds. The summed E-state index contributed by atoms with van der Waals surface area (Å²) in [5, 5.41) is 1.01. The average Bonchev–Trinajstić information content (AvgIpc) is 3.29. The number of hydrogen-bond donors (Lipinski definition) is 0. The maximum Gasteiger partial charge on any atom is 0.419 e. The summed E-state index contributed by atoms with van der Waals surface area (Å²) < 4.78 is 59.8. The van der Waals surface area contributed by atoms with Gasteiger partial charge in [0.25, 0.3) is 0 Å². The van der Waals surface area contributed by atoms with Gasteiger partial charge in [0.1, 0.15) is 23.7 Å². The molecule has 2 heterocycles. The van der Waals surface area contributed by atoms with Gasteiger partial charge in [0, 0.05) is 29.1 Å². The van der Waals surface area contributed by atoms with Crippen LogP contribution in [0.25, 0.3) is 10.9 Å². The smallest absolute Gasteiger partial charge is 0.419 e. The van der Waals surface area contributed by atoms with Crippen LogP contribution in [0.5, 0.6) is 11.5 Å². The van der Waals surface area contributed by atoms with E-state index in [9.17, 15) is 18.0 Å². The number of halogens is 3. The van der Waals surface area contributed by atoms with E-state index in [0.29, 0.717) is 17.7 Å². The molecule has 0 bridgehead atoms. The van der Waals surface area contributed by atoms with Crippen molar-refractivity contribution in [2.45, 2.75) is 91.3 Å². The van der Waals surface area contributed by atoms with E-state index in [4.69, 9.17) is 14.2 Å². The molecule has 1 aromatic heterocycles. The van der Waals surface area contributed by atoms with Crippen LogP contribution in [-0.4, -0.2) is 22.2 Å². The van der Waals surface area contributed by atoms with Crippen molar-refractivity contribution in [3.05, 3.63) is 58.8 Å². The van der Waals surface area contributed by atoms with Crippen LogP contribution in [0, 0.1) is 6.92 Å². The highest BCUT2D eigenvalue weighted by Crippen LogP contribution is 2.41. The molecular formula is C29H34F3NO4. The fraction of sp³-hybridized carbons (Fsp3) is 0.483. The van der Waals surface area contributed by atoms with Crippen molar-refractivity contribution in [2.75, 3.05) is 0 Å². The molecule has 0 N–H and O–H groups in total. The van der Waals surface area contributed by atoms with E-state index in [1.54, 1.807) is 19.9 Å². The van der Waals surface area contributed by atoms with Crippen molar-refractivity contribution in [1.29, 1.82) is 0 Å². The fourth-order valence-electron chi connectivity index (χ4n) is 4.99. The summed E-state index contributed by atoms with van der Waals surface area (Å²) in [6.07, 6.45) is -3.69. The van der Waals surface area contributed by atoms with Crippen LogP contribution in [0.2, 0.25) is 0 Å². The van der Waals surface area contributed by atoms with Gasteiger partial charge in [-0.15, -0.1) is 0 Å². The van der Waals surface area contributed by atoms with Crippen molar-refractivity contribution in [3.8, 4) is 11.5 Å². The van der Waals surface area contributed by atoms with Crippen molar-refractivity contribution in [2.24, 2.45) is 0 Å². The summed E-state index contributed by atoms with van der Waals surface area (Å²) in [5.41, 5.74) is 2.34. The van der Waals surface area contributed by atoms with Crippen LogP contribution >= 0.6 is 0 Å². The third-order valence-corrected chi connectivity index (χ3v) is 6.38. The summed E-state index contributed by atoms with van der Waals surface area (Å²) in [5.74, 6) is 0.258. The summed E-state index contributed by atoms with van der Waals surface area (Å²) in [6, 6.07) is 9.73. The number of carbonyl (C=O) groups is 1. The molecule has 1 atom stereocenters. The van der Waals surface area contributed by atoms with Crippen LogP contribution in [0.3, 0.4) is 0 Å². The molecule has 0 fully saturated rings. The van der Waals surface area contributed by atoms with Crippen molar-refractivity contribution >= 4 is 16.9 Å². The SMILES string of the molecule is Cc1c2n(c3ccc(OCc4ccc(OC(C)C)c(C(F)(F)F)c4)cc13)CCC2CC(=O)OC(C)(C)C. The normalized spacial score (nSPS) is 15.8. The molecule has 0 spiro atoms. The number of aromatic nitrogens is 1. The standard InChI is InChI=1S/C29H34F3NO4/c1-17(2)36-25-10-7-19(13-23(25)29(30,31)32)16-35-21-8-9-24-22(15-21)18(3)27-20(11-12-33(24)27)14-26(34)37-28(4,5)6/h7-10,13,15,17,20H,11-12,14,16H2,1-6H3. The minimum absolute atomic E-state index is 0.00950. The Bertz CT molecular complexity index is 1300. The minimum atomic E-state index is -4.53. The molecular weight excluding hydrogens is 483 g/mol. The zero-order valence-corrected chi connectivity index (χ0v) is 22.2. The number of hydrogen-bond acceptors (Lipinski definition) is 4. The largest absolute Gasteiger partial charge is 0.490 e. The number of aryl methyl sites for hydroxylation is 2. The summed E-state index contributed by atoms with van der Waals surface area (Å²) in [4.78, 5) is 12.5. The highest BCUT2D eigenvalue weighted by molar-refractivity contribution is 5.87. The number of ether oxygens (including phenoxy) is 3. The summed E-state index contributed by atoms with van der Waals surface area (Å²) >= 11 is 0. The molecule has 1 unspecified atom stereocenters. The predicted molar refractivity (Wildman–Crippen MR) is 136 cm³/mol. The number of benzene rings is 2. The molecule has 5 nitrogen and oxygen atoms in total. The van der Waals surface area contributed by atoms with Crippen molar-refractivity contribution < 1.29 is 32.2 Å². The minimum Gasteiger partial charge on any atom is -0.490 e. The highest BCUT2D eigenvalue weighted by atomic mass is 19.4. The number of esters is 1. The van der Waals surface area contributed by atoms with Gasteiger partial charge in [-0.05, 0) is 89.4 Å². The Kier molecular flexibility index (Phi) is 7.23. The van der Waals surface area contributed by atoms with Gasteiger partial charge in [0.15, 0.2) is 0 Å². The quantitative estimate of drug-likeness (QED) is 0.304. The van der Waals surface area contributed by atoms with Crippen LogP contribution in [0.4, 0.5) is 13.2 Å². The van der Waals surface area contributed by atoms with Crippen LogP contribution in [-0.2, 0) is 28.9 Å². The highest BCUT2D eigenvalue weighted by Gasteiger charge is 2.35. The van der Waals surface area contributed by atoms with E-state index in [-0.39, 0.29) is 30.3 Å². The van der Waals surface area contributed by atoms with Crippen LogP contribution < -0.4 is 9.47 Å². The Morgan fingerprint density at radius 2 is 1.84 bits per heavy atom. The first-order chi connectivity index (χ1) is 17.2. The molecule has 0 saturated heterocycles. The predicted octanol–water partition coefficient (Wildman–Crippen LogP) is 7.55. The van der Waals surface area contributed by atoms with Gasteiger partial charge >= 0.3 is 12.1 Å². The third-order valence-electron chi connectivity index (χ3n) is 6.38. The second kappa shape index (κ2) is 9.95. The zero-order valence-electron chi connectivity index (χ0n) is 22.2. The molecule has 0 saturated carbocycles. The third kappa shape index (κ3) is 6.05. The fourth-order valence-corrected chi connectivity index (χ4v) is 4.99. The van der Waals surface area contributed by atoms with E-state index in [0.717, 1.165) is 41.2 Å². The Morgan fingerprint density at radius 1 is 1.11 bits per heavy atom. The monoisotopic (exact) mass is 517 g/mol. The van der Waals surface area contributed by atoms with Crippen molar-refractivity contribution in [3.63, 3.8) is 0 Å². The first-order valence-corrected chi connectivity index (χ1v) is 12.6. The van der Waals surface area contributed by atoms with Gasteiger partial charge in [-0.25, -0.2) is 0 Å². The number of alkyl halides is 3. The maximum atomic E-state index is 13.6. The second-order valence-corrected chi connectivity index (χ2v) is 10.9. The molecule has 200 valence electrons. The molecule has 2 aromatic carbocycles. The molecule has 0 aliphatic carbocycles. The number of fused-ring (bicyclic) bond motifs is 3. The van der Waals surface area contributed by atoms with E-state index < -0.39 is 17.3 Å². The van der Waals surface area contributed by atoms with Crippen molar-refractivity contribution in [1.82, 2.24) is 4.57 Å². The molecule has 8 heteroatoms. The zero-order chi connectivity index (χ0) is 27.1. The van der Waals surface area contributed by atoms with Gasteiger partial charge in [-0.3, -0.25) is 4.79 Å². The van der Waals surface area contributed by atoms with Crippen LogP contribution in [0.15, 0.2) is 36.4 Å². The number of rotatable bonds is 7. The molecule has 1 aliphatic rings. The lowest BCUT2D eigenvalue weighted by atomic mass is 9.96. The summed E-state index contributed by atoms with van der Waals surface area (Å²) in [6.45, 7) is 11.8. The summed E-state index contributed by atoms with van der Waals surface area (Å²) in [7, 11) is 0. The van der Waals surface area contributed by atoms with Gasteiger partial charge in [-0.2, -0.15) is 13.2 Å². The van der Waals surface area contributed by atoms with Gasteiger partial charge in [-0.1, -0.05) is 6.07 Å². The lowest BCUT2D eigenvalue weighted by molar-refractivity contribution is -0.155. The molecule has 3 aromatic rings. The molecule has 4 rings (SSSR count). The average molecular weight is 518 g/mol. The van der Waals surface area contributed by atoms with Gasteiger partial charge < -0.3 is 18.8 Å². The van der Waals surface area contributed by atoms with E-state index in [1.165, 1.54) is 6.07 Å². The van der Waals surface area contributed by atoms with E-state index in [1.807, 2.05) is 45.9 Å². The Morgan fingerprint density at radius 3 is 2.49 bits per heavy atom. The number of carbonyl (C=O) groups excluding carboxylic acids is 1. The Hall–Kier alpha value is -3.16. The van der Waals surface area contributed by atoms with E-state index in [2.05, 4.69) is 4.57 Å². The molecule has 1 aliphatic heterocycles. The number of nitrogens with zero attached hydrogens (tertiary/aromatic N) is 1. The first kappa shape index (κ1) is 26.9. The van der Waals surface area contributed by atoms with Gasteiger partial charge in [0.2, 0.25) is 0 Å². The van der Waals surface area contributed by atoms with Crippen LogP contribution in [0.1, 0.15) is 75.8 Å². The molecule has 0 radical (unpaired) electrons. The second-order valence-electron chi connectivity index (χ2n) is 10.9. The van der Waals surface area contributed by atoms with E-state index >= 15 is 0 Å². The van der Waals surface area contributed by atoms with Gasteiger partial charge in [0.05, 0.1) is 18.1 Å². The molecule has 37 heavy (non-hydrogen) atoms. The lowest BCUT2D eigenvalue weighted by Crippen LogP contribution is -2.24. The Balaban J connectivity index is 1.53. The Labute approximate surface area is 215 Å². The lowest BCUT2D eigenvalue weighted by Gasteiger charge is -2.21. The topological polar surface area (TPSA) is 49.7 Å².